The van der Waals surface area contributed by atoms with Crippen molar-refractivity contribution in [1.29, 1.82) is 0 Å². The van der Waals surface area contributed by atoms with Crippen molar-refractivity contribution >= 4 is 10.1 Å². The van der Waals surface area contributed by atoms with E-state index in [0.29, 0.717) is 0 Å². The van der Waals surface area contributed by atoms with Gasteiger partial charge in [-0.3, -0.25) is 4.18 Å². The van der Waals surface area contributed by atoms with E-state index in [1.54, 1.807) is 20.8 Å². The molecule has 0 aromatic carbocycles. The first-order valence-electron chi connectivity index (χ1n) is 4.82. The smallest absolute Gasteiger partial charge is 0.302 e. The molecule has 0 aromatic heterocycles. The lowest BCUT2D eigenvalue weighted by molar-refractivity contribution is 0.0955. The van der Waals surface area contributed by atoms with Gasteiger partial charge < -0.3 is 16.4 Å². The Labute approximate surface area is 101 Å². The fraction of sp³-hybridized carbons (Fsp3) is 0.600. The maximum absolute atomic E-state index is 11.8. The maximum Gasteiger partial charge on any atom is 0.302 e. The summed E-state index contributed by atoms with van der Waals surface area (Å²) in [5, 5.41) is 19.0. The Bertz CT molecular complexity index is 432. The van der Waals surface area contributed by atoms with E-state index in [2.05, 4.69) is 0 Å². The molecule has 0 aliphatic heterocycles. The molecule has 0 aromatic rings. The average molecular weight is 265 g/mol. The molecule has 0 bridgehead atoms. The summed E-state index contributed by atoms with van der Waals surface area (Å²) >= 11 is 0. The van der Waals surface area contributed by atoms with Crippen molar-refractivity contribution < 1.29 is 22.8 Å². The van der Waals surface area contributed by atoms with Gasteiger partial charge >= 0.3 is 10.1 Å². The summed E-state index contributed by atoms with van der Waals surface area (Å²) in [4.78, 5) is -2.10. The molecule has 1 aliphatic carbocycles. The zero-order valence-electron chi connectivity index (χ0n) is 10.2. The summed E-state index contributed by atoms with van der Waals surface area (Å²) in [6.07, 6.45) is 3.15. The van der Waals surface area contributed by atoms with Crippen LogP contribution in [0.25, 0.3) is 0 Å². The quantitative estimate of drug-likeness (QED) is 0.649. The molecular weight excluding hydrogens is 246 g/mol. The van der Waals surface area contributed by atoms with Gasteiger partial charge in [0.05, 0.1) is 5.60 Å². The standard InChI is InChI=1S/C10H16O5S.H3N/c1-9(2,3)15-16(13,14)10(12)6-4-8(11)5-7-10;/h4-6,11-12H,7H2,1-3H3;1H3. The van der Waals surface area contributed by atoms with Crippen molar-refractivity contribution in [2.24, 2.45) is 0 Å². The predicted octanol–water partition coefficient (Wildman–Crippen LogP) is 1.38. The van der Waals surface area contributed by atoms with E-state index in [1.165, 1.54) is 6.08 Å². The van der Waals surface area contributed by atoms with Gasteiger partial charge in [-0.2, -0.15) is 8.42 Å². The second-order valence-electron chi connectivity index (χ2n) is 4.66. The molecule has 5 N–H and O–H groups in total. The maximum atomic E-state index is 11.8. The molecule has 0 spiro atoms. The molecule has 0 amide bonds. The van der Waals surface area contributed by atoms with Gasteiger partial charge in [0.25, 0.3) is 0 Å². The van der Waals surface area contributed by atoms with Gasteiger partial charge in [0.2, 0.25) is 4.93 Å². The van der Waals surface area contributed by atoms with Crippen LogP contribution in [0.2, 0.25) is 0 Å². The summed E-state index contributed by atoms with van der Waals surface area (Å²) < 4.78 is 28.5. The number of aliphatic hydroxyl groups is 2. The molecule has 7 heteroatoms. The first kappa shape index (κ1) is 16.1. The van der Waals surface area contributed by atoms with E-state index >= 15 is 0 Å². The normalized spacial score (nSPS) is 25.1. The van der Waals surface area contributed by atoms with Crippen molar-refractivity contribution in [1.82, 2.24) is 6.15 Å². The second kappa shape index (κ2) is 4.77. The van der Waals surface area contributed by atoms with E-state index in [4.69, 9.17) is 9.29 Å². The number of allylic oxidation sites excluding steroid dienone is 1. The third-order valence-electron chi connectivity index (χ3n) is 1.91. The first-order valence-corrected chi connectivity index (χ1v) is 6.22. The van der Waals surface area contributed by atoms with Gasteiger partial charge in [0.1, 0.15) is 5.76 Å². The third-order valence-corrected chi connectivity index (χ3v) is 3.80. The fourth-order valence-corrected chi connectivity index (χ4v) is 2.51. The van der Waals surface area contributed by atoms with Crippen molar-refractivity contribution in [2.75, 3.05) is 0 Å². The molecule has 1 rings (SSSR count). The highest BCUT2D eigenvalue weighted by Crippen LogP contribution is 2.30. The summed E-state index contributed by atoms with van der Waals surface area (Å²) in [5.41, 5.74) is -0.911. The van der Waals surface area contributed by atoms with Crippen molar-refractivity contribution in [3.8, 4) is 0 Å². The average Bonchev–Trinajstić information content (AvgIpc) is 2.06. The monoisotopic (exact) mass is 265 g/mol. The Morgan fingerprint density at radius 1 is 1.41 bits per heavy atom. The van der Waals surface area contributed by atoms with Crippen LogP contribution < -0.4 is 6.15 Å². The van der Waals surface area contributed by atoms with Crippen LogP contribution in [-0.4, -0.2) is 29.2 Å². The van der Waals surface area contributed by atoms with Gasteiger partial charge in [-0.05, 0) is 39.0 Å². The third kappa shape index (κ3) is 3.81. The minimum atomic E-state index is -4.15. The Morgan fingerprint density at radius 2 is 1.94 bits per heavy atom. The van der Waals surface area contributed by atoms with Crippen molar-refractivity contribution in [3.63, 3.8) is 0 Å². The second-order valence-corrected chi connectivity index (χ2v) is 6.44. The number of hydrogen-bond acceptors (Lipinski definition) is 6. The lowest BCUT2D eigenvalue weighted by Gasteiger charge is -2.29. The fourth-order valence-electron chi connectivity index (χ4n) is 1.19. The molecule has 17 heavy (non-hydrogen) atoms. The minimum Gasteiger partial charge on any atom is -0.508 e. The van der Waals surface area contributed by atoms with E-state index in [-0.39, 0.29) is 18.3 Å². The van der Waals surface area contributed by atoms with Gasteiger partial charge in [-0.25, -0.2) is 0 Å². The van der Waals surface area contributed by atoms with E-state index in [0.717, 1.165) is 12.2 Å². The van der Waals surface area contributed by atoms with Gasteiger partial charge in [0.15, 0.2) is 0 Å². The molecular formula is C10H19NO5S. The molecule has 100 valence electrons. The molecule has 1 unspecified atom stereocenters. The summed E-state index contributed by atoms with van der Waals surface area (Å²) in [6.45, 7) is 4.73. The molecule has 0 fully saturated rings. The first-order chi connectivity index (χ1) is 7.06. The van der Waals surface area contributed by atoms with Gasteiger partial charge in [0, 0.05) is 6.42 Å². The molecule has 1 atom stereocenters. The van der Waals surface area contributed by atoms with E-state index < -0.39 is 20.7 Å². The molecule has 0 radical (unpaired) electrons. The van der Waals surface area contributed by atoms with Crippen LogP contribution >= 0.6 is 0 Å². The van der Waals surface area contributed by atoms with E-state index in [9.17, 15) is 13.5 Å². The zero-order chi connectivity index (χ0) is 12.6. The van der Waals surface area contributed by atoms with Crippen molar-refractivity contribution in [2.45, 2.75) is 37.7 Å². The summed E-state index contributed by atoms with van der Waals surface area (Å²) in [7, 11) is -4.15. The van der Waals surface area contributed by atoms with Crippen LogP contribution in [0.4, 0.5) is 0 Å². The number of rotatable bonds is 2. The molecule has 1 aliphatic rings. The highest BCUT2D eigenvalue weighted by molar-refractivity contribution is 7.88. The predicted molar refractivity (Wildman–Crippen MR) is 64.2 cm³/mol. The Kier molecular flexibility index (Phi) is 4.52. The van der Waals surface area contributed by atoms with Crippen LogP contribution in [0.15, 0.2) is 24.0 Å². The van der Waals surface area contributed by atoms with Gasteiger partial charge in [-0.1, -0.05) is 0 Å². The topological polar surface area (TPSA) is 119 Å². The lowest BCUT2D eigenvalue weighted by atomic mass is 10.1. The minimum absolute atomic E-state index is 0. The summed E-state index contributed by atoms with van der Waals surface area (Å²) in [5.74, 6) is -0.0735. The molecule has 6 nitrogen and oxygen atoms in total. The highest BCUT2D eigenvalue weighted by Gasteiger charge is 2.43. The SMILES string of the molecule is CC(C)(C)OS(=O)(=O)C1(O)C=CC(O)=CC1.N. The van der Waals surface area contributed by atoms with Crippen LogP contribution in [-0.2, 0) is 14.3 Å². The molecule has 0 heterocycles. The van der Waals surface area contributed by atoms with Crippen LogP contribution in [0, 0.1) is 0 Å². The van der Waals surface area contributed by atoms with Crippen LogP contribution in [0.5, 0.6) is 0 Å². The van der Waals surface area contributed by atoms with Crippen LogP contribution in [0.3, 0.4) is 0 Å². The Morgan fingerprint density at radius 3 is 2.29 bits per heavy atom. The number of aliphatic hydroxyl groups excluding tert-OH is 1. The van der Waals surface area contributed by atoms with E-state index in [1.807, 2.05) is 0 Å². The summed E-state index contributed by atoms with van der Waals surface area (Å²) in [6, 6.07) is 0. The van der Waals surface area contributed by atoms with Crippen molar-refractivity contribution in [3.05, 3.63) is 24.0 Å². The molecule has 0 saturated carbocycles. The Hall–Kier alpha value is -0.890. The Balaban J connectivity index is 0.00000256. The van der Waals surface area contributed by atoms with Crippen LogP contribution in [0.1, 0.15) is 27.2 Å². The highest BCUT2D eigenvalue weighted by atomic mass is 32.2. The number of hydrogen-bond donors (Lipinski definition) is 3. The van der Waals surface area contributed by atoms with Gasteiger partial charge in [-0.15, -0.1) is 0 Å². The largest absolute Gasteiger partial charge is 0.508 e. The zero-order valence-corrected chi connectivity index (χ0v) is 11.0. The lowest BCUT2D eigenvalue weighted by Crippen LogP contribution is -2.42. The molecule has 0 saturated heterocycles.